The van der Waals surface area contributed by atoms with Crippen LogP contribution in [-0.4, -0.2) is 9.59 Å². The summed E-state index contributed by atoms with van der Waals surface area (Å²) in [4.78, 5) is 0. The summed E-state index contributed by atoms with van der Waals surface area (Å²) >= 11 is 1.36. The number of hydrogen-bond acceptors (Lipinski definition) is 3. The van der Waals surface area contributed by atoms with Crippen molar-refractivity contribution in [3.8, 4) is 0 Å². The van der Waals surface area contributed by atoms with Gasteiger partial charge < -0.3 is 0 Å². The minimum Gasteiger partial charge on any atom is -0.143 e. The van der Waals surface area contributed by atoms with Crippen molar-refractivity contribution in [3.05, 3.63) is 18.0 Å². The van der Waals surface area contributed by atoms with E-state index in [1.165, 1.54) is 11.5 Å². The number of nitrogens with zero attached hydrogens (tertiary/aromatic N) is 2. The van der Waals surface area contributed by atoms with E-state index in [0.717, 1.165) is 12.1 Å². The van der Waals surface area contributed by atoms with Gasteiger partial charge in [-0.15, -0.1) is 5.10 Å². The fourth-order valence-electron chi connectivity index (χ4n) is 0.293. The summed E-state index contributed by atoms with van der Waals surface area (Å²) in [5, 5.41) is 5.64. The van der Waals surface area contributed by atoms with Gasteiger partial charge in [-0.1, -0.05) is 4.49 Å². The molecule has 0 aliphatic heterocycles. The molecule has 37 valence electrons. The number of aromatic nitrogens is 2. The Bertz CT molecular complexity index is 124. The second-order valence-corrected chi connectivity index (χ2v) is 1.76. The van der Waals surface area contributed by atoms with Crippen LogP contribution in [0.2, 0.25) is 0 Å². The van der Waals surface area contributed by atoms with Crippen molar-refractivity contribution in [2.45, 2.75) is 6.42 Å². The molecule has 0 aliphatic rings. The first-order valence-electron chi connectivity index (χ1n) is 1.98. The van der Waals surface area contributed by atoms with E-state index >= 15 is 0 Å². The molecule has 1 rings (SSSR count). The van der Waals surface area contributed by atoms with E-state index < -0.39 is 0 Å². The van der Waals surface area contributed by atoms with Gasteiger partial charge in [0.25, 0.3) is 0 Å². The van der Waals surface area contributed by atoms with E-state index in [0.29, 0.717) is 0 Å². The molecule has 0 spiro atoms. The van der Waals surface area contributed by atoms with Crippen LogP contribution in [-0.2, 0) is 6.42 Å². The zero-order chi connectivity index (χ0) is 5.11. The largest absolute Gasteiger partial charge is 0.143 e. The first-order valence-corrected chi connectivity index (χ1v) is 2.82. The zero-order valence-corrected chi connectivity index (χ0v) is 4.61. The Morgan fingerprint density at radius 1 is 1.86 bits per heavy atom. The van der Waals surface area contributed by atoms with Crippen LogP contribution < -0.4 is 0 Å². The van der Waals surface area contributed by atoms with Crippen LogP contribution in [0.25, 0.3) is 0 Å². The maximum Gasteiger partial charge on any atom is 0.0755 e. The van der Waals surface area contributed by atoms with Crippen LogP contribution in [0.1, 0.15) is 5.69 Å². The van der Waals surface area contributed by atoms with Gasteiger partial charge in [0.05, 0.1) is 5.69 Å². The SMILES string of the molecule is [CH2]Cc1csnn1. The minimum absolute atomic E-state index is 0.747. The Morgan fingerprint density at radius 2 is 2.71 bits per heavy atom. The third kappa shape index (κ3) is 0.962. The van der Waals surface area contributed by atoms with Gasteiger partial charge in [-0.05, 0) is 24.9 Å². The van der Waals surface area contributed by atoms with E-state index in [9.17, 15) is 0 Å². The van der Waals surface area contributed by atoms with E-state index in [1.54, 1.807) is 0 Å². The Labute approximate surface area is 46.4 Å². The molecule has 0 saturated carbocycles. The molecule has 0 bridgehead atoms. The molecule has 1 radical (unpaired) electrons. The van der Waals surface area contributed by atoms with Crippen molar-refractivity contribution >= 4 is 11.5 Å². The fourth-order valence-corrected chi connectivity index (χ4v) is 0.779. The number of hydrogen-bond donors (Lipinski definition) is 0. The quantitative estimate of drug-likeness (QED) is 0.541. The molecule has 0 aliphatic carbocycles. The van der Waals surface area contributed by atoms with Crippen LogP contribution in [0.5, 0.6) is 0 Å². The first kappa shape index (κ1) is 4.71. The van der Waals surface area contributed by atoms with Crippen LogP contribution in [0, 0.1) is 6.92 Å². The molecule has 1 aromatic heterocycles. The molecular formula is C4H5N2S. The molecule has 0 fully saturated rings. The van der Waals surface area contributed by atoms with Crippen LogP contribution in [0.4, 0.5) is 0 Å². The van der Waals surface area contributed by atoms with Gasteiger partial charge in [-0.2, -0.15) is 0 Å². The van der Waals surface area contributed by atoms with Crippen molar-refractivity contribution in [1.29, 1.82) is 0 Å². The lowest BCUT2D eigenvalue weighted by Gasteiger charge is -1.74. The van der Waals surface area contributed by atoms with Crippen molar-refractivity contribution < 1.29 is 0 Å². The molecule has 7 heavy (non-hydrogen) atoms. The van der Waals surface area contributed by atoms with Gasteiger partial charge in [0.15, 0.2) is 0 Å². The van der Waals surface area contributed by atoms with Crippen LogP contribution >= 0.6 is 11.5 Å². The minimum atomic E-state index is 0.747. The molecule has 1 heterocycles. The molecule has 0 atom stereocenters. The van der Waals surface area contributed by atoms with Gasteiger partial charge in [-0.3, -0.25) is 0 Å². The van der Waals surface area contributed by atoms with Crippen molar-refractivity contribution in [2.24, 2.45) is 0 Å². The summed E-state index contributed by atoms with van der Waals surface area (Å²) in [5.41, 5.74) is 0.977. The topological polar surface area (TPSA) is 25.8 Å². The average Bonchev–Trinajstić information content (AvgIpc) is 2.14. The normalized spacial score (nSPS) is 9.29. The summed E-state index contributed by atoms with van der Waals surface area (Å²) in [7, 11) is 0. The summed E-state index contributed by atoms with van der Waals surface area (Å²) in [5.74, 6) is 0. The first-order chi connectivity index (χ1) is 3.43. The predicted molar refractivity (Wildman–Crippen MR) is 29.0 cm³/mol. The third-order valence-electron chi connectivity index (χ3n) is 0.661. The fraction of sp³-hybridized carbons (Fsp3) is 0.250. The lowest BCUT2D eigenvalue weighted by Crippen LogP contribution is -1.76. The Morgan fingerprint density at radius 3 is 3.00 bits per heavy atom. The van der Waals surface area contributed by atoms with E-state index in [1.807, 2.05) is 5.38 Å². The molecule has 0 unspecified atom stereocenters. The summed E-state index contributed by atoms with van der Waals surface area (Å²) in [6.45, 7) is 3.63. The van der Waals surface area contributed by atoms with Crippen molar-refractivity contribution in [3.63, 3.8) is 0 Å². The highest BCUT2D eigenvalue weighted by molar-refractivity contribution is 7.03. The van der Waals surface area contributed by atoms with E-state index in [-0.39, 0.29) is 0 Å². The molecule has 2 nitrogen and oxygen atoms in total. The lowest BCUT2D eigenvalue weighted by atomic mass is 10.4. The summed E-state index contributed by atoms with van der Waals surface area (Å²) in [6, 6.07) is 0. The lowest BCUT2D eigenvalue weighted by molar-refractivity contribution is 1.04. The molecule has 0 amide bonds. The van der Waals surface area contributed by atoms with Gasteiger partial charge in [0.2, 0.25) is 0 Å². The standard InChI is InChI=1S/C4H5N2S/c1-2-4-3-7-6-5-4/h3H,1-2H2. The van der Waals surface area contributed by atoms with Gasteiger partial charge >= 0.3 is 0 Å². The summed E-state index contributed by atoms with van der Waals surface area (Å²) < 4.78 is 3.64. The molecule has 0 N–H and O–H groups in total. The highest BCUT2D eigenvalue weighted by Crippen LogP contribution is 1.94. The second-order valence-electron chi connectivity index (χ2n) is 1.15. The second kappa shape index (κ2) is 2.02. The smallest absolute Gasteiger partial charge is 0.0755 e. The van der Waals surface area contributed by atoms with Gasteiger partial charge in [0.1, 0.15) is 0 Å². The molecule has 1 aromatic rings. The van der Waals surface area contributed by atoms with E-state index in [4.69, 9.17) is 0 Å². The molecule has 3 heteroatoms. The highest BCUT2D eigenvalue weighted by atomic mass is 32.1. The van der Waals surface area contributed by atoms with Crippen molar-refractivity contribution in [1.82, 2.24) is 9.59 Å². The Balaban J connectivity index is 2.76. The monoisotopic (exact) mass is 113 g/mol. The summed E-state index contributed by atoms with van der Waals surface area (Å²) in [6.07, 6.45) is 0.747. The predicted octanol–water partition coefficient (Wildman–Crippen LogP) is 0.915. The van der Waals surface area contributed by atoms with Crippen LogP contribution in [0.15, 0.2) is 5.38 Å². The van der Waals surface area contributed by atoms with E-state index in [2.05, 4.69) is 16.5 Å². The average molecular weight is 113 g/mol. The zero-order valence-electron chi connectivity index (χ0n) is 3.79. The van der Waals surface area contributed by atoms with Gasteiger partial charge in [-0.25, -0.2) is 0 Å². The molecule has 0 saturated heterocycles. The molecule has 0 aromatic carbocycles. The molecular weight excluding hydrogens is 108 g/mol. The van der Waals surface area contributed by atoms with Crippen LogP contribution in [0.3, 0.4) is 0 Å². The number of rotatable bonds is 1. The van der Waals surface area contributed by atoms with Crippen molar-refractivity contribution in [2.75, 3.05) is 0 Å². The van der Waals surface area contributed by atoms with Gasteiger partial charge in [0, 0.05) is 5.38 Å². The maximum atomic E-state index is 3.74. The maximum absolute atomic E-state index is 3.74. The Kier molecular flexibility index (Phi) is 1.36. The third-order valence-corrected chi connectivity index (χ3v) is 1.21. The Hall–Kier alpha value is -0.440. The highest BCUT2D eigenvalue weighted by Gasteiger charge is 1.86.